The molecule has 2 unspecified atom stereocenters. The summed E-state index contributed by atoms with van der Waals surface area (Å²) in [6.45, 7) is 3.43. The fourth-order valence-corrected chi connectivity index (χ4v) is 7.61. The normalized spacial score (nSPS) is 32.5. The highest BCUT2D eigenvalue weighted by molar-refractivity contribution is 8.02. The maximum Gasteiger partial charge on any atom is 0.244 e. The van der Waals surface area contributed by atoms with Gasteiger partial charge in [0.1, 0.15) is 6.04 Å². The third-order valence-corrected chi connectivity index (χ3v) is 8.69. The Labute approximate surface area is 177 Å². The van der Waals surface area contributed by atoms with Crippen molar-refractivity contribution in [2.45, 2.75) is 74.3 Å². The van der Waals surface area contributed by atoms with Gasteiger partial charge in [-0.2, -0.15) is 0 Å². The number of carbonyl (C=O) groups is 3. The molecular formula is C21H35N3O4S. The van der Waals surface area contributed by atoms with Gasteiger partial charge in [-0.1, -0.05) is 26.2 Å². The number of hydrogen-bond acceptors (Lipinski definition) is 5. The first kappa shape index (κ1) is 22.4. The molecule has 2 bridgehead atoms. The van der Waals surface area contributed by atoms with Gasteiger partial charge in [0.25, 0.3) is 0 Å². The number of carbonyl (C=O) groups excluding carboxylic acids is 3. The molecule has 3 aliphatic heterocycles. The van der Waals surface area contributed by atoms with Crippen molar-refractivity contribution in [2.24, 2.45) is 11.8 Å². The number of unbranched alkanes of at least 4 members (excludes halogenated alkanes) is 4. The lowest BCUT2D eigenvalue weighted by atomic mass is 9.71. The van der Waals surface area contributed by atoms with Crippen molar-refractivity contribution in [2.75, 3.05) is 26.7 Å². The number of aliphatic hydroxyl groups excluding tert-OH is 1. The van der Waals surface area contributed by atoms with Gasteiger partial charge in [-0.3, -0.25) is 14.4 Å². The summed E-state index contributed by atoms with van der Waals surface area (Å²) in [5.74, 6) is -0.888. The molecule has 3 N–H and O–H groups in total. The molecule has 164 valence electrons. The second kappa shape index (κ2) is 9.69. The van der Waals surface area contributed by atoms with Crippen molar-refractivity contribution in [3.63, 3.8) is 0 Å². The fraction of sp³-hybridized carbons (Fsp3) is 0.857. The van der Waals surface area contributed by atoms with E-state index in [9.17, 15) is 14.4 Å². The molecule has 3 saturated heterocycles. The van der Waals surface area contributed by atoms with Gasteiger partial charge < -0.3 is 20.6 Å². The van der Waals surface area contributed by atoms with Gasteiger partial charge in [0.05, 0.1) is 16.6 Å². The van der Waals surface area contributed by atoms with Crippen LogP contribution >= 0.6 is 11.8 Å². The van der Waals surface area contributed by atoms with E-state index in [2.05, 4.69) is 17.6 Å². The Hall–Kier alpha value is -1.28. The van der Waals surface area contributed by atoms with Crippen LogP contribution in [0.2, 0.25) is 0 Å². The van der Waals surface area contributed by atoms with Crippen molar-refractivity contribution < 1.29 is 19.5 Å². The highest BCUT2D eigenvalue weighted by Crippen LogP contribution is 2.66. The van der Waals surface area contributed by atoms with E-state index < -0.39 is 16.7 Å². The molecule has 3 fully saturated rings. The van der Waals surface area contributed by atoms with Crippen molar-refractivity contribution in [1.29, 1.82) is 0 Å². The molecule has 0 aromatic heterocycles. The van der Waals surface area contributed by atoms with Gasteiger partial charge in [0.15, 0.2) is 0 Å². The first-order valence-electron chi connectivity index (χ1n) is 11.1. The summed E-state index contributed by atoms with van der Waals surface area (Å²) in [4.78, 5) is 41.1. The van der Waals surface area contributed by atoms with Crippen LogP contribution < -0.4 is 10.6 Å². The SMILES string of the molecule is CCCCNC(=O)C1N(CCCCCCO)C(=O)[C@@H]2[C@H](C(=O)NC)[C@@H]3CCC12S3. The van der Waals surface area contributed by atoms with Gasteiger partial charge >= 0.3 is 0 Å². The Morgan fingerprint density at radius 1 is 1.21 bits per heavy atom. The lowest BCUT2D eigenvalue weighted by molar-refractivity contribution is -0.140. The number of nitrogens with zero attached hydrogens (tertiary/aromatic N) is 1. The summed E-state index contributed by atoms with van der Waals surface area (Å²) in [7, 11) is 1.62. The number of likely N-dealkylation sites (tertiary alicyclic amines) is 1. The predicted molar refractivity (Wildman–Crippen MR) is 113 cm³/mol. The zero-order chi connectivity index (χ0) is 21.0. The summed E-state index contributed by atoms with van der Waals surface area (Å²) in [6.07, 6.45) is 7.03. The smallest absolute Gasteiger partial charge is 0.244 e. The predicted octanol–water partition coefficient (Wildman–Crippen LogP) is 1.29. The van der Waals surface area contributed by atoms with E-state index in [4.69, 9.17) is 5.11 Å². The van der Waals surface area contributed by atoms with E-state index in [1.807, 2.05) is 0 Å². The Kier molecular flexibility index (Phi) is 7.48. The van der Waals surface area contributed by atoms with Crippen molar-refractivity contribution >= 4 is 29.5 Å². The number of rotatable bonds is 11. The molecule has 1 spiro atoms. The zero-order valence-electron chi connectivity index (χ0n) is 17.6. The van der Waals surface area contributed by atoms with Crippen molar-refractivity contribution in [1.82, 2.24) is 15.5 Å². The number of thioether (sulfide) groups is 1. The van der Waals surface area contributed by atoms with Gasteiger partial charge in [0, 0.05) is 32.0 Å². The lowest BCUT2D eigenvalue weighted by Crippen LogP contribution is -2.53. The maximum atomic E-state index is 13.5. The minimum atomic E-state index is -0.487. The number of hydrogen-bond donors (Lipinski definition) is 3. The second-order valence-electron chi connectivity index (χ2n) is 8.48. The Balaban J connectivity index is 1.81. The summed E-state index contributed by atoms with van der Waals surface area (Å²) in [6, 6.07) is -0.487. The average Bonchev–Trinajstić information content (AvgIpc) is 3.35. The molecule has 3 rings (SSSR count). The zero-order valence-corrected chi connectivity index (χ0v) is 18.4. The summed E-state index contributed by atoms with van der Waals surface area (Å²) in [5, 5.41) is 14.9. The van der Waals surface area contributed by atoms with Crippen LogP contribution in [-0.4, -0.2) is 70.5 Å². The molecule has 5 atom stereocenters. The van der Waals surface area contributed by atoms with Crippen LogP contribution in [0.4, 0.5) is 0 Å². The number of aliphatic hydroxyl groups is 1. The summed E-state index contributed by atoms with van der Waals surface area (Å²) < 4.78 is -0.472. The molecule has 3 amide bonds. The third-order valence-electron chi connectivity index (χ3n) is 6.73. The van der Waals surface area contributed by atoms with Crippen molar-refractivity contribution in [3.8, 4) is 0 Å². The monoisotopic (exact) mass is 425 g/mol. The number of nitrogens with one attached hydrogen (secondary N) is 2. The van der Waals surface area contributed by atoms with E-state index in [1.54, 1.807) is 23.7 Å². The minimum absolute atomic E-state index is 0.0221. The molecule has 3 aliphatic rings. The standard InChI is InChI=1S/C21H35N3O4S/c1-3-4-11-23-19(27)17-21-10-9-14(29-21)15(18(26)22-2)16(21)20(28)24(17)12-7-5-6-8-13-25/h14-17,25H,3-13H2,1-2H3,(H,22,26)(H,23,27)/t14-,15+,16-,17?,21?/m0/s1. The fourth-order valence-electron chi connectivity index (χ4n) is 5.39. The van der Waals surface area contributed by atoms with E-state index in [-0.39, 0.29) is 35.5 Å². The number of fused-ring (bicyclic) bond motifs is 1. The Bertz CT molecular complexity index is 631. The van der Waals surface area contributed by atoms with Gasteiger partial charge in [-0.05, 0) is 32.1 Å². The molecule has 0 aromatic rings. The lowest BCUT2D eigenvalue weighted by Gasteiger charge is -2.34. The maximum absolute atomic E-state index is 13.5. The first-order chi connectivity index (χ1) is 14.0. The topological polar surface area (TPSA) is 98.7 Å². The molecule has 3 heterocycles. The Morgan fingerprint density at radius 2 is 1.97 bits per heavy atom. The molecule has 8 heteroatoms. The molecule has 29 heavy (non-hydrogen) atoms. The van der Waals surface area contributed by atoms with Crippen LogP contribution in [0.1, 0.15) is 58.3 Å². The van der Waals surface area contributed by atoms with Gasteiger partial charge in [0.2, 0.25) is 17.7 Å². The van der Waals surface area contributed by atoms with Crippen LogP contribution in [0.3, 0.4) is 0 Å². The third kappa shape index (κ3) is 4.02. The number of amides is 3. The highest BCUT2D eigenvalue weighted by atomic mass is 32.2. The molecule has 0 aromatic carbocycles. The van der Waals surface area contributed by atoms with Crippen LogP contribution in [-0.2, 0) is 14.4 Å². The molecule has 0 radical (unpaired) electrons. The van der Waals surface area contributed by atoms with Gasteiger partial charge in [-0.25, -0.2) is 0 Å². The second-order valence-corrected chi connectivity index (χ2v) is 10.1. The largest absolute Gasteiger partial charge is 0.396 e. The van der Waals surface area contributed by atoms with E-state index in [1.165, 1.54) is 0 Å². The van der Waals surface area contributed by atoms with Crippen LogP contribution in [0, 0.1) is 11.8 Å². The summed E-state index contributed by atoms with van der Waals surface area (Å²) >= 11 is 1.71. The van der Waals surface area contributed by atoms with Gasteiger partial charge in [-0.15, -0.1) is 11.8 Å². The van der Waals surface area contributed by atoms with Crippen LogP contribution in [0.25, 0.3) is 0 Å². The molecule has 7 nitrogen and oxygen atoms in total. The quantitative estimate of drug-likeness (QED) is 0.433. The van der Waals surface area contributed by atoms with Crippen LogP contribution in [0.5, 0.6) is 0 Å². The molecule has 0 saturated carbocycles. The molecule has 0 aliphatic carbocycles. The van der Waals surface area contributed by atoms with Crippen LogP contribution in [0.15, 0.2) is 0 Å². The average molecular weight is 426 g/mol. The van der Waals surface area contributed by atoms with E-state index >= 15 is 0 Å². The first-order valence-corrected chi connectivity index (χ1v) is 12.0. The summed E-state index contributed by atoms with van der Waals surface area (Å²) in [5.41, 5.74) is 0. The van der Waals surface area contributed by atoms with E-state index in [0.717, 1.165) is 51.4 Å². The van der Waals surface area contributed by atoms with Crippen molar-refractivity contribution in [3.05, 3.63) is 0 Å². The molecular weight excluding hydrogens is 390 g/mol. The Morgan fingerprint density at radius 3 is 2.66 bits per heavy atom. The minimum Gasteiger partial charge on any atom is -0.396 e. The highest BCUT2D eigenvalue weighted by Gasteiger charge is 2.73. The van der Waals surface area contributed by atoms with E-state index in [0.29, 0.717) is 13.1 Å².